The van der Waals surface area contributed by atoms with Crippen LogP contribution in [-0.4, -0.2) is 23.9 Å². The molecule has 2 heteroatoms. The maximum Gasteiger partial charge on any atom is 0.0860 e. The van der Waals surface area contributed by atoms with Crippen molar-refractivity contribution in [1.29, 1.82) is 0 Å². The second-order valence-electron chi connectivity index (χ2n) is 4.16. The molecule has 1 fully saturated rings. The predicted octanol–water partition coefficient (Wildman–Crippen LogP) is 2.35. The van der Waals surface area contributed by atoms with Crippen LogP contribution in [0.3, 0.4) is 0 Å². The van der Waals surface area contributed by atoms with Gasteiger partial charge in [0.1, 0.15) is 0 Å². The Labute approximate surface area is 81.3 Å². The summed E-state index contributed by atoms with van der Waals surface area (Å²) in [5.41, 5.74) is 0. The smallest absolute Gasteiger partial charge is 0.0860 e. The normalized spacial score (nSPS) is 30.7. The van der Waals surface area contributed by atoms with Crippen LogP contribution < -0.4 is 0 Å². The minimum absolute atomic E-state index is 0.108. The highest BCUT2D eigenvalue weighted by Crippen LogP contribution is 2.25. The molecule has 1 heterocycles. The molecule has 1 aliphatic heterocycles. The van der Waals surface area contributed by atoms with Crippen molar-refractivity contribution in [1.82, 2.24) is 0 Å². The monoisotopic (exact) mass is 186 g/mol. The van der Waals surface area contributed by atoms with Crippen LogP contribution in [0, 0.1) is 5.92 Å². The van der Waals surface area contributed by atoms with Gasteiger partial charge in [0.15, 0.2) is 0 Å². The lowest BCUT2D eigenvalue weighted by molar-refractivity contribution is -0.0209. The van der Waals surface area contributed by atoms with Gasteiger partial charge < -0.3 is 9.84 Å². The Morgan fingerprint density at radius 3 is 2.77 bits per heavy atom. The molecule has 1 rings (SSSR count). The number of hydrogen-bond donors (Lipinski definition) is 1. The largest absolute Gasteiger partial charge is 0.390 e. The van der Waals surface area contributed by atoms with Gasteiger partial charge in [-0.05, 0) is 18.8 Å². The first-order valence-electron chi connectivity index (χ1n) is 5.55. The summed E-state index contributed by atoms with van der Waals surface area (Å²) in [6.45, 7) is 5.18. The van der Waals surface area contributed by atoms with Crippen LogP contribution in [0.2, 0.25) is 0 Å². The number of rotatable bonds is 5. The van der Waals surface area contributed by atoms with Crippen LogP contribution in [0.4, 0.5) is 0 Å². The molecule has 0 amide bonds. The first-order chi connectivity index (χ1) is 6.25. The Balaban J connectivity index is 2.18. The molecule has 1 aliphatic rings. The van der Waals surface area contributed by atoms with E-state index in [1.165, 1.54) is 12.8 Å². The molecule has 2 nitrogen and oxygen atoms in total. The van der Waals surface area contributed by atoms with Crippen molar-refractivity contribution in [2.24, 2.45) is 5.92 Å². The quantitative estimate of drug-likeness (QED) is 0.668. The minimum Gasteiger partial charge on any atom is -0.390 e. The summed E-state index contributed by atoms with van der Waals surface area (Å²) in [4.78, 5) is 0. The summed E-state index contributed by atoms with van der Waals surface area (Å²) < 4.78 is 5.51. The summed E-state index contributed by atoms with van der Waals surface area (Å²) in [6, 6.07) is 0. The van der Waals surface area contributed by atoms with Gasteiger partial charge in [0.05, 0.1) is 12.2 Å². The van der Waals surface area contributed by atoms with E-state index in [0.29, 0.717) is 5.92 Å². The molecule has 0 aliphatic carbocycles. The molecule has 0 spiro atoms. The van der Waals surface area contributed by atoms with Crippen molar-refractivity contribution in [3.63, 3.8) is 0 Å². The number of aliphatic hydroxyl groups is 1. The summed E-state index contributed by atoms with van der Waals surface area (Å²) in [5.74, 6) is 0.539. The summed E-state index contributed by atoms with van der Waals surface area (Å²) in [5, 5.41) is 9.82. The Kier molecular flexibility index (Phi) is 4.74. The average Bonchev–Trinajstić information content (AvgIpc) is 2.52. The van der Waals surface area contributed by atoms with E-state index >= 15 is 0 Å². The van der Waals surface area contributed by atoms with Gasteiger partial charge in [-0.25, -0.2) is 0 Å². The lowest BCUT2D eigenvalue weighted by Gasteiger charge is -2.21. The Hall–Kier alpha value is -0.0800. The average molecular weight is 186 g/mol. The van der Waals surface area contributed by atoms with Crippen molar-refractivity contribution < 1.29 is 9.84 Å². The van der Waals surface area contributed by atoms with Gasteiger partial charge in [-0.3, -0.25) is 0 Å². The third-order valence-electron chi connectivity index (χ3n) is 2.93. The maximum atomic E-state index is 9.82. The SMILES string of the molecule is CCCCCC(O)C1OCCC1C. The van der Waals surface area contributed by atoms with E-state index in [1.807, 2.05) is 0 Å². The topological polar surface area (TPSA) is 29.5 Å². The summed E-state index contributed by atoms with van der Waals surface area (Å²) in [7, 11) is 0. The Bertz CT molecular complexity index is 136. The highest BCUT2D eigenvalue weighted by atomic mass is 16.5. The van der Waals surface area contributed by atoms with Gasteiger partial charge in [0.2, 0.25) is 0 Å². The molecule has 0 radical (unpaired) electrons. The van der Waals surface area contributed by atoms with E-state index in [9.17, 15) is 5.11 Å². The van der Waals surface area contributed by atoms with E-state index in [-0.39, 0.29) is 12.2 Å². The summed E-state index contributed by atoms with van der Waals surface area (Å²) >= 11 is 0. The molecule has 78 valence electrons. The van der Waals surface area contributed by atoms with Crippen molar-refractivity contribution in [3.05, 3.63) is 0 Å². The van der Waals surface area contributed by atoms with Crippen molar-refractivity contribution in [2.45, 2.75) is 58.2 Å². The van der Waals surface area contributed by atoms with Crippen molar-refractivity contribution in [2.75, 3.05) is 6.61 Å². The minimum atomic E-state index is -0.232. The first-order valence-corrected chi connectivity index (χ1v) is 5.55. The first kappa shape index (κ1) is 11.0. The van der Waals surface area contributed by atoms with Gasteiger partial charge in [-0.2, -0.15) is 0 Å². The highest BCUT2D eigenvalue weighted by Gasteiger charge is 2.30. The van der Waals surface area contributed by atoms with E-state index in [0.717, 1.165) is 25.9 Å². The molecular weight excluding hydrogens is 164 g/mol. The van der Waals surface area contributed by atoms with Gasteiger partial charge in [0, 0.05) is 6.61 Å². The van der Waals surface area contributed by atoms with E-state index in [4.69, 9.17) is 4.74 Å². The standard InChI is InChI=1S/C11H22O2/c1-3-4-5-6-10(12)11-9(2)7-8-13-11/h9-12H,3-8H2,1-2H3. The third-order valence-corrected chi connectivity index (χ3v) is 2.93. The molecular formula is C11H22O2. The number of ether oxygens (including phenoxy) is 1. The highest BCUT2D eigenvalue weighted by molar-refractivity contribution is 4.79. The molecule has 3 unspecified atom stereocenters. The zero-order valence-corrected chi connectivity index (χ0v) is 8.83. The fourth-order valence-electron chi connectivity index (χ4n) is 1.98. The van der Waals surface area contributed by atoms with Gasteiger partial charge in [-0.1, -0.05) is 33.1 Å². The predicted molar refractivity (Wildman–Crippen MR) is 53.7 cm³/mol. The number of hydrogen-bond acceptors (Lipinski definition) is 2. The molecule has 0 aromatic heterocycles. The van der Waals surface area contributed by atoms with Crippen LogP contribution >= 0.6 is 0 Å². The molecule has 0 aromatic rings. The second-order valence-corrected chi connectivity index (χ2v) is 4.16. The molecule has 1 saturated heterocycles. The Morgan fingerprint density at radius 2 is 2.23 bits per heavy atom. The second kappa shape index (κ2) is 5.61. The van der Waals surface area contributed by atoms with Crippen LogP contribution in [0.15, 0.2) is 0 Å². The zero-order valence-electron chi connectivity index (χ0n) is 8.83. The molecule has 0 aromatic carbocycles. The Morgan fingerprint density at radius 1 is 1.46 bits per heavy atom. The van der Waals surface area contributed by atoms with Crippen LogP contribution in [0.25, 0.3) is 0 Å². The lowest BCUT2D eigenvalue weighted by atomic mass is 9.96. The van der Waals surface area contributed by atoms with Gasteiger partial charge in [-0.15, -0.1) is 0 Å². The fourth-order valence-corrected chi connectivity index (χ4v) is 1.98. The van der Waals surface area contributed by atoms with Gasteiger partial charge in [0.25, 0.3) is 0 Å². The van der Waals surface area contributed by atoms with E-state index < -0.39 is 0 Å². The van der Waals surface area contributed by atoms with Crippen LogP contribution in [0.1, 0.15) is 46.0 Å². The van der Waals surface area contributed by atoms with Crippen LogP contribution in [-0.2, 0) is 4.74 Å². The molecule has 0 bridgehead atoms. The van der Waals surface area contributed by atoms with E-state index in [1.54, 1.807) is 0 Å². The molecule has 1 N–H and O–H groups in total. The molecule has 3 atom stereocenters. The lowest BCUT2D eigenvalue weighted by Crippen LogP contribution is -2.29. The third kappa shape index (κ3) is 3.28. The fraction of sp³-hybridized carbons (Fsp3) is 1.00. The summed E-state index contributed by atoms with van der Waals surface area (Å²) in [6.07, 6.45) is 5.45. The maximum absolute atomic E-state index is 9.82. The molecule has 0 saturated carbocycles. The van der Waals surface area contributed by atoms with Crippen LogP contribution in [0.5, 0.6) is 0 Å². The number of aliphatic hydroxyl groups excluding tert-OH is 1. The van der Waals surface area contributed by atoms with E-state index in [2.05, 4.69) is 13.8 Å². The van der Waals surface area contributed by atoms with Crippen molar-refractivity contribution in [3.8, 4) is 0 Å². The zero-order chi connectivity index (χ0) is 9.68. The van der Waals surface area contributed by atoms with Gasteiger partial charge >= 0.3 is 0 Å². The molecule has 13 heavy (non-hydrogen) atoms. The van der Waals surface area contributed by atoms with Crippen molar-refractivity contribution >= 4 is 0 Å². The number of unbranched alkanes of at least 4 members (excludes halogenated alkanes) is 2.